The van der Waals surface area contributed by atoms with Crippen LogP contribution >= 0.6 is 11.6 Å². The highest BCUT2D eigenvalue weighted by Gasteiger charge is 2.12. The third-order valence-corrected chi connectivity index (χ3v) is 2.84. The molecule has 1 aromatic carbocycles. The average Bonchev–Trinajstić information content (AvgIpc) is 2.92. The molecule has 1 unspecified atom stereocenters. The number of benzene rings is 1. The van der Waals surface area contributed by atoms with E-state index in [-0.39, 0.29) is 10.6 Å². The Bertz CT molecular complexity index is 609. The predicted molar refractivity (Wildman–Crippen MR) is 71.2 cm³/mol. The molecule has 1 atom stereocenters. The molecule has 0 aliphatic heterocycles. The van der Waals surface area contributed by atoms with E-state index in [1.165, 1.54) is 24.3 Å². The van der Waals surface area contributed by atoms with Crippen molar-refractivity contribution in [3.05, 3.63) is 46.5 Å². The number of rotatable bonds is 4. The summed E-state index contributed by atoms with van der Waals surface area (Å²) in [6, 6.07) is 3.89. The van der Waals surface area contributed by atoms with E-state index in [0.717, 1.165) is 0 Å². The van der Waals surface area contributed by atoms with Gasteiger partial charge in [-0.3, -0.25) is 4.79 Å². The largest absolute Gasteiger partial charge is 0.343 e. The lowest BCUT2D eigenvalue weighted by Crippen LogP contribution is -2.25. The molecule has 0 fully saturated rings. The van der Waals surface area contributed by atoms with Crippen LogP contribution in [0.25, 0.3) is 6.08 Å². The molecule has 20 heavy (non-hydrogen) atoms. The Morgan fingerprint density at radius 2 is 2.35 bits per heavy atom. The predicted octanol–water partition coefficient (Wildman–Crippen LogP) is 1.88. The minimum Gasteiger partial charge on any atom is -0.343 e. The lowest BCUT2D eigenvalue weighted by molar-refractivity contribution is -0.117. The van der Waals surface area contributed by atoms with Crippen molar-refractivity contribution in [2.75, 3.05) is 0 Å². The van der Waals surface area contributed by atoms with Gasteiger partial charge in [0.05, 0.1) is 11.1 Å². The Labute approximate surface area is 119 Å². The van der Waals surface area contributed by atoms with Gasteiger partial charge in [0.1, 0.15) is 5.82 Å². The fraction of sp³-hybridized carbons (Fsp3) is 0.167. The molecule has 0 spiro atoms. The number of H-pyrrole nitrogens is 1. The number of tetrazole rings is 1. The number of nitrogens with zero attached hydrogens (tertiary/aromatic N) is 3. The highest BCUT2D eigenvalue weighted by Crippen LogP contribution is 2.20. The lowest BCUT2D eigenvalue weighted by Gasteiger charge is -2.07. The third kappa shape index (κ3) is 3.39. The fourth-order valence-corrected chi connectivity index (χ4v) is 1.73. The van der Waals surface area contributed by atoms with Crippen LogP contribution in [-0.2, 0) is 4.79 Å². The molecule has 0 saturated carbocycles. The Morgan fingerprint density at radius 1 is 1.55 bits per heavy atom. The number of aromatic amines is 1. The van der Waals surface area contributed by atoms with Crippen LogP contribution in [0, 0.1) is 5.82 Å². The summed E-state index contributed by atoms with van der Waals surface area (Å²) >= 11 is 5.84. The van der Waals surface area contributed by atoms with Crippen LogP contribution in [0.4, 0.5) is 4.39 Å². The fourth-order valence-electron chi connectivity index (χ4n) is 1.51. The van der Waals surface area contributed by atoms with E-state index in [1.807, 2.05) is 0 Å². The van der Waals surface area contributed by atoms with Crippen molar-refractivity contribution in [2.24, 2.45) is 0 Å². The summed E-state index contributed by atoms with van der Waals surface area (Å²) in [5.41, 5.74) is 0.163. The van der Waals surface area contributed by atoms with Gasteiger partial charge in [-0.05, 0) is 25.1 Å². The first-order valence-electron chi connectivity index (χ1n) is 5.74. The highest BCUT2D eigenvalue weighted by atomic mass is 35.5. The molecule has 8 heteroatoms. The number of halogens is 2. The number of hydrogen-bond donors (Lipinski definition) is 2. The minimum atomic E-state index is -0.493. The van der Waals surface area contributed by atoms with Crippen molar-refractivity contribution < 1.29 is 9.18 Å². The van der Waals surface area contributed by atoms with Gasteiger partial charge in [-0.15, -0.1) is 10.2 Å². The maximum atomic E-state index is 13.5. The van der Waals surface area contributed by atoms with Crippen LogP contribution in [0.1, 0.15) is 24.4 Å². The maximum Gasteiger partial charge on any atom is 0.244 e. The van der Waals surface area contributed by atoms with Gasteiger partial charge >= 0.3 is 0 Å². The van der Waals surface area contributed by atoms with Crippen molar-refractivity contribution in [1.29, 1.82) is 0 Å². The molecule has 2 N–H and O–H groups in total. The van der Waals surface area contributed by atoms with Gasteiger partial charge in [0.15, 0.2) is 5.82 Å². The molecule has 1 heterocycles. The van der Waals surface area contributed by atoms with Crippen LogP contribution in [-0.4, -0.2) is 26.5 Å². The zero-order chi connectivity index (χ0) is 14.5. The number of amides is 1. The van der Waals surface area contributed by atoms with Gasteiger partial charge in [-0.25, -0.2) is 4.39 Å². The zero-order valence-electron chi connectivity index (χ0n) is 10.5. The van der Waals surface area contributed by atoms with Gasteiger partial charge < -0.3 is 5.32 Å². The van der Waals surface area contributed by atoms with Gasteiger partial charge in [0.2, 0.25) is 5.91 Å². The van der Waals surface area contributed by atoms with Gasteiger partial charge in [0.25, 0.3) is 0 Å². The molecule has 1 amide bonds. The second-order valence-corrected chi connectivity index (χ2v) is 4.38. The molecule has 1 aromatic heterocycles. The Morgan fingerprint density at radius 3 is 3.00 bits per heavy atom. The van der Waals surface area contributed by atoms with E-state index in [9.17, 15) is 9.18 Å². The molecule has 0 bridgehead atoms. The molecule has 0 saturated heterocycles. The van der Waals surface area contributed by atoms with E-state index >= 15 is 0 Å². The van der Waals surface area contributed by atoms with E-state index in [4.69, 9.17) is 11.6 Å². The van der Waals surface area contributed by atoms with E-state index < -0.39 is 17.8 Å². The van der Waals surface area contributed by atoms with E-state index in [0.29, 0.717) is 5.82 Å². The number of carbonyl (C=O) groups is 1. The summed E-state index contributed by atoms with van der Waals surface area (Å²) in [5, 5.41) is 16.0. The normalized spacial score (nSPS) is 12.6. The van der Waals surface area contributed by atoms with Crippen molar-refractivity contribution in [1.82, 2.24) is 25.9 Å². The highest BCUT2D eigenvalue weighted by molar-refractivity contribution is 6.32. The van der Waals surface area contributed by atoms with Gasteiger partial charge in [0, 0.05) is 11.6 Å². The number of nitrogens with one attached hydrogen (secondary N) is 2. The Hall–Kier alpha value is -2.28. The molecular weight excluding hydrogens is 285 g/mol. The summed E-state index contributed by atoms with van der Waals surface area (Å²) in [7, 11) is 0. The van der Waals surface area contributed by atoms with Crippen molar-refractivity contribution in [3.63, 3.8) is 0 Å². The number of aromatic nitrogens is 4. The van der Waals surface area contributed by atoms with Crippen LogP contribution < -0.4 is 5.32 Å². The lowest BCUT2D eigenvalue weighted by atomic mass is 10.2. The molecule has 104 valence electrons. The number of carbonyl (C=O) groups excluding carboxylic acids is 1. The summed E-state index contributed by atoms with van der Waals surface area (Å²) in [5.74, 6) is -0.551. The summed E-state index contributed by atoms with van der Waals surface area (Å²) < 4.78 is 13.5. The SMILES string of the molecule is CC(NC(=O)C=Cc1c(F)cccc1Cl)c1nn[nH]n1. The molecule has 0 aliphatic rings. The average molecular weight is 296 g/mol. The molecule has 2 aromatic rings. The first kappa shape index (κ1) is 14.1. The Balaban J connectivity index is 2.03. The van der Waals surface area contributed by atoms with E-state index in [2.05, 4.69) is 25.9 Å². The quantitative estimate of drug-likeness (QED) is 0.844. The van der Waals surface area contributed by atoms with Gasteiger partial charge in [-0.2, -0.15) is 5.21 Å². The van der Waals surface area contributed by atoms with Crippen LogP contribution in [0.3, 0.4) is 0 Å². The topological polar surface area (TPSA) is 83.6 Å². The van der Waals surface area contributed by atoms with Crippen molar-refractivity contribution >= 4 is 23.6 Å². The minimum absolute atomic E-state index is 0.163. The molecule has 2 rings (SSSR count). The second-order valence-electron chi connectivity index (χ2n) is 3.97. The van der Waals surface area contributed by atoms with Crippen LogP contribution in [0.15, 0.2) is 24.3 Å². The summed E-state index contributed by atoms with van der Waals surface area (Å²) in [4.78, 5) is 11.7. The first-order valence-corrected chi connectivity index (χ1v) is 6.11. The summed E-state index contributed by atoms with van der Waals surface area (Å²) in [6.07, 6.45) is 2.51. The zero-order valence-corrected chi connectivity index (χ0v) is 11.2. The second kappa shape index (κ2) is 6.25. The standard InChI is InChI=1S/C12H11ClFN5O/c1-7(12-16-18-19-17-12)15-11(20)6-5-8-9(13)3-2-4-10(8)14/h2-7H,1H3,(H,15,20)(H,16,17,18,19). The molecule has 6 nitrogen and oxygen atoms in total. The maximum absolute atomic E-state index is 13.5. The van der Waals surface area contributed by atoms with Crippen LogP contribution in [0.5, 0.6) is 0 Å². The van der Waals surface area contributed by atoms with E-state index in [1.54, 1.807) is 13.0 Å². The molecule has 0 radical (unpaired) electrons. The van der Waals surface area contributed by atoms with Crippen molar-refractivity contribution in [3.8, 4) is 0 Å². The molecular formula is C12H11ClFN5O. The van der Waals surface area contributed by atoms with Crippen molar-refractivity contribution in [2.45, 2.75) is 13.0 Å². The van der Waals surface area contributed by atoms with Crippen LogP contribution in [0.2, 0.25) is 5.02 Å². The number of hydrogen-bond acceptors (Lipinski definition) is 4. The third-order valence-electron chi connectivity index (χ3n) is 2.51. The molecule has 0 aliphatic carbocycles. The van der Waals surface area contributed by atoms with Gasteiger partial charge in [-0.1, -0.05) is 22.9 Å². The summed E-state index contributed by atoms with van der Waals surface area (Å²) in [6.45, 7) is 1.70. The first-order chi connectivity index (χ1) is 9.58. The Kier molecular flexibility index (Phi) is 4.41. The smallest absolute Gasteiger partial charge is 0.244 e. The monoisotopic (exact) mass is 295 g/mol.